The van der Waals surface area contributed by atoms with Crippen LogP contribution in [0.3, 0.4) is 0 Å². The predicted molar refractivity (Wildman–Crippen MR) is 57.1 cm³/mol. The smallest absolute Gasteiger partial charge is 0.167 e. The van der Waals surface area contributed by atoms with E-state index >= 15 is 0 Å². The summed E-state index contributed by atoms with van der Waals surface area (Å²) in [6.45, 7) is 7.82. The van der Waals surface area contributed by atoms with Crippen molar-refractivity contribution in [3.63, 3.8) is 0 Å². The van der Waals surface area contributed by atoms with Crippen molar-refractivity contribution in [1.82, 2.24) is 4.98 Å². The third-order valence-electron chi connectivity index (χ3n) is 2.68. The van der Waals surface area contributed by atoms with Gasteiger partial charge in [0, 0.05) is 17.7 Å². The van der Waals surface area contributed by atoms with Gasteiger partial charge in [-0.15, -0.1) is 0 Å². The fraction of sp³-hybridized carbons (Fsp3) is 0.500. The molecular weight excluding hydrogens is 193 g/mol. The second kappa shape index (κ2) is 4.09. The van der Waals surface area contributed by atoms with Crippen LogP contribution in [0.15, 0.2) is 18.5 Å². The van der Waals surface area contributed by atoms with E-state index in [9.17, 15) is 9.18 Å². The molecule has 15 heavy (non-hydrogen) atoms. The molecule has 1 atom stereocenters. The number of ketones is 1. The lowest BCUT2D eigenvalue weighted by Gasteiger charge is -2.25. The fourth-order valence-electron chi connectivity index (χ4n) is 1.19. The first kappa shape index (κ1) is 11.8. The van der Waals surface area contributed by atoms with Crippen LogP contribution in [0.5, 0.6) is 0 Å². The maximum atomic E-state index is 12.9. The van der Waals surface area contributed by atoms with Gasteiger partial charge in [-0.25, -0.2) is 4.39 Å². The van der Waals surface area contributed by atoms with Gasteiger partial charge in [-0.05, 0) is 11.5 Å². The van der Waals surface area contributed by atoms with Gasteiger partial charge in [0.05, 0.1) is 6.20 Å². The molecule has 1 rings (SSSR count). The van der Waals surface area contributed by atoms with Gasteiger partial charge in [0.25, 0.3) is 0 Å². The van der Waals surface area contributed by atoms with Gasteiger partial charge in [0.2, 0.25) is 0 Å². The predicted octanol–water partition coefficient (Wildman–Crippen LogP) is 3.09. The van der Waals surface area contributed by atoms with Gasteiger partial charge in [0.1, 0.15) is 5.82 Å². The van der Waals surface area contributed by atoms with Gasteiger partial charge in [-0.3, -0.25) is 9.78 Å². The van der Waals surface area contributed by atoms with Crippen LogP contribution >= 0.6 is 0 Å². The molecule has 1 heterocycles. The van der Waals surface area contributed by atoms with Gasteiger partial charge < -0.3 is 0 Å². The minimum Gasteiger partial charge on any atom is -0.294 e. The van der Waals surface area contributed by atoms with Crippen molar-refractivity contribution in [3.05, 3.63) is 29.8 Å². The normalized spacial score (nSPS) is 13.7. The van der Waals surface area contributed by atoms with E-state index in [4.69, 9.17) is 0 Å². The van der Waals surface area contributed by atoms with E-state index in [2.05, 4.69) is 4.98 Å². The third-order valence-corrected chi connectivity index (χ3v) is 2.68. The monoisotopic (exact) mass is 209 g/mol. The van der Waals surface area contributed by atoms with E-state index in [1.807, 2.05) is 27.7 Å². The Hall–Kier alpha value is -1.25. The third kappa shape index (κ3) is 2.85. The summed E-state index contributed by atoms with van der Waals surface area (Å²) in [5.41, 5.74) is 0.223. The SMILES string of the molecule is CC(C(=O)c1cncc(F)c1)C(C)(C)C. The lowest BCUT2D eigenvalue weighted by molar-refractivity contribution is 0.0838. The van der Waals surface area contributed by atoms with E-state index in [0.29, 0.717) is 5.56 Å². The fourth-order valence-corrected chi connectivity index (χ4v) is 1.19. The van der Waals surface area contributed by atoms with Crippen LogP contribution in [0, 0.1) is 17.2 Å². The Morgan fingerprint density at radius 1 is 1.40 bits per heavy atom. The summed E-state index contributed by atoms with van der Waals surface area (Å²) in [7, 11) is 0. The van der Waals surface area contributed by atoms with Crippen LogP contribution in [-0.2, 0) is 0 Å². The molecule has 2 nitrogen and oxygen atoms in total. The number of aromatic nitrogens is 1. The van der Waals surface area contributed by atoms with Gasteiger partial charge in [-0.1, -0.05) is 27.7 Å². The molecule has 1 unspecified atom stereocenters. The topological polar surface area (TPSA) is 30.0 Å². The molecule has 0 aliphatic carbocycles. The Kier molecular flexibility index (Phi) is 3.22. The van der Waals surface area contributed by atoms with Crippen LogP contribution in [0.25, 0.3) is 0 Å². The molecule has 0 spiro atoms. The number of halogens is 1. The minimum absolute atomic E-state index is 0.0606. The molecule has 0 saturated heterocycles. The first-order valence-corrected chi connectivity index (χ1v) is 4.97. The molecule has 3 heteroatoms. The standard InChI is InChI=1S/C12H16FNO/c1-8(12(2,3)4)11(15)9-5-10(13)7-14-6-9/h5-8H,1-4H3. The van der Waals surface area contributed by atoms with Crippen molar-refractivity contribution in [2.24, 2.45) is 11.3 Å². The van der Waals surface area contributed by atoms with Crippen molar-refractivity contribution in [2.45, 2.75) is 27.7 Å². The summed E-state index contributed by atoms with van der Waals surface area (Å²) in [6, 6.07) is 1.23. The first-order valence-electron chi connectivity index (χ1n) is 4.97. The molecule has 0 aliphatic heterocycles. The summed E-state index contributed by atoms with van der Waals surface area (Å²) < 4.78 is 12.9. The molecule has 0 amide bonds. The van der Waals surface area contributed by atoms with Crippen molar-refractivity contribution < 1.29 is 9.18 Å². The number of Topliss-reactive ketones (excluding diaryl/α,β-unsaturated/α-hetero) is 1. The molecule has 82 valence electrons. The summed E-state index contributed by atoms with van der Waals surface area (Å²) in [5, 5.41) is 0. The highest BCUT2D eigenvalue weighted by atomic mass is 19.1. The molecule has 1 aromatic rings. The van der Waals surface area contributed by atoms with Gasteiger partial charge in [-0.2, -0.15) is 0 Å². The van der Waals surface area contributed by atoms with Crippen LogP contribution in [0.1, 0.15) is 38.1 Å². The molecule has 0 saturated carbocycles. The second-order valence-electron chi connectivity index (χ2n) is 4.84. The van der Waals surface area contributed by atoms with Crippen LogP contribution in [-0.4, -0.2) is 10.8 Å². The summed E-state index contributed by atoms with van der Waals surface area (Å²) >= 11 is 0. The number of nitrogens with zero attached hydrogens (tertiary/aromatic N) is 1. The Labute approximate surface area is 89.5 Å². The molecule has 0 radical (unpaired) electrons. The number of hydrogen-bond acceptors (Lipinski definition) is 2. The van der Waals surface area contributed by atoms with Crippen molar-refractivity contribution in [2.75, 3.05) is 0 Å². The van der Waals surface area contributed by atoms with Crippen LogP contribution in [0.2, 0.25) is 0 Å². The Morgan fingerprint density at radius 2 is 2.00 bits per heavy atom. The number of hydrogen-bond donors (Lipinski definition) is 0. The zero-order valence-corrected chi connectivity index (χ0v) is 9.54. The van der Waals surface area contributed by atoms with Crippen molar-refractivity contribution >= 4 is 5.78 Å². The summed E-state index contributed by atoms with van der Waals surface area (Å²) in [5.74, 6) is -0.683. The van der Waals surface area contributed by atoms with E-state index in [1.165, 1.54) is 12.3 Å². The van der Waals surface area contributed by atoms with Crippen LogP contribution < -0.4 is 0 Å². The Morgan fingerprint density at radius 3 is 2.47 bits per heavy atom. The summed E-state index contributed by atoms with van der Waals surface area (Å²) in [4.78, 5) is 15.6. The number of rotatable bonds is 2. The Balaban J connectivity index is 2.95. The highest BCUT2D eigenvalue weighted by Crippen LogP contribution is 2.28. The number of pyridine rings is 1. The molecule has 0 aromatic carbocycles. The maximum Gasteiger partial charge on any atom is 0.167 e. The van der Waals surface area contributed by atoms with E-state index in [1.54, 1.807) is 0 Å². The van der Waals surface area contributed by atoms with E-state index < -0.39 is 5.82 Å². The summed E-state index contributed by atoms with van der Waals surface area (Å²) in [6.07, 6.45) is 2.51. The van der Waals surface area contributed by atoms with Crippen molar-refractivity contribution in [1.29, 1.82) is 0 Å². The van der Waals surface area contributed by atoms with Gasteiger partial charge in [0.15, 0.2) is 5.78 Å². The molecule has 0 bridgehead atoms. The number of carbonyl (C=O) groups is 1. The maximum absolute atomic E-state index is 12.9. The lowest BCUT2D eigenvalue weighted by atomic mass is 9.78. The molecule has 0 N–H and O–H groups in total. The lowest BCUT2D eigenvalue weighted by Crippen LogP contribution is -2.26. The molecule has 1 aromatic heterocycles. The average molecular weight is 209 g/mol. The first-order chi connectivity index (χ1) is 6.82. The quantitative estimate of drug-likeness (QED) is 0.700. The Bertz CT molecular complexity index is 368. The second-order valence-corrected chi connectivity index (χ2v) is 4.84. The van der Waals surface area contributed by atoms with Crippen LogP contribution in [0.4, 0.5) is 4.39 Å². The average Bonchev–Trinajstić information content (AvgIpc) is 2.14. The van der Waals surface area contributed by atoms with E-state index in [-0.39, 0.29) is 17.1 Å². The van der Waals surface area contributed by atoms with Gasteiger partial charge >= 0.3 is 0 Å². The molecule has 0 fully saturated rings. The molecular formula is C12H16FNO. The minimum atomic E-state index is -0.470. The number of carbonyl (C=O) groups excluding carboxylic acids is 1. The highest BCUT2D eigenvalue weighted by molar-refractivity contribution is 5.97. The zero-order chi connectivity index (χ0) is 11.6. The largest absolute Gasteiger partial charge is 0.294 e. The molecule has 0 aliphatic rings. The highest BCUT2D eigenvalue weighted by Gasteiger charge is 2.27. The van der Waals surface area contributed by atoms with E-state index in [0.717, 1.165) is 6.20 Å². The van der Waals surface area contributed by atoms with Crippen molar-refractivity contribution in [3.8, 4) is 0 Å². The zero-order valence-electron chi connectivity index (χ0n) is 9.54.